The molecule has 0 N–H and O–H groups in total. The van der Waals surface area contributed by atoms with Crippen LogP contribution in [0.1, 0.15) is 50.8 Å². The van der Waals surface area contributed by atoms with Gasteiger partial charge < -0.3 is 18.9 Å². The Hall–Kier alpha value is -0.820. The zero-order chi connectivity index (χ0) is 19.2. The first kappa shape index (κ1) is 19.5. The molecule has 6 heteroatoms. The SMILES string of the molecule is COc1cc2c(c(Br)c1OC1COC1)CCN1CC(OC(C)(C)C)CCC21. The van der Waals surface area contributed by atoms with Gasteiger partial charge in [-0.3, -0.25) is 4.90 Å². The van der Waals surface area contributed by atoms with Crippen LogP contribution >= 0.6 is 15.9 Å². The molecule has 3 aliphatic heterocycles. The fourth-order valence-electron chi connectivity index (χ4n) is 4.38. The third-order valence-corrected chi connectivity index (χ3v) is 6.44. The highest BCUT2D eigenvalue weighted by molar-refractivity contribution is 9.10. The summed E-state index contributed by atoms with van der Waals surface area (Å²) >= 11 is 3.82. The Bertz CT molecular complexity index is 698. The fourth-order valence-corrected chi connectivity index (χ4v) is 5.10. The summed E-state index contributed by atoms with van der Waals surface area (Å²) in [5.74, 6) is 1.63. The van der Waals surface area contributed by atoms with E-state index in [1.165, 1.54) is 11.1 Å². The van der Waals surface area contributed by atoms with Gasteiger partial charge in [0.15, 0.2) is 11.5 Å². The van der Waals surface area contributed by atoms with Crippen LogP contribution in [0.25, 0.3) is 0 Å². The third kappa shape index (κ3) is 4.00. The van der Waals surface area contributed by atoms with Crippen molar-refractivity contribution < 1.29 is 18.9 Å². The molecule has 5 nitrogen and oxygen atoms in total. The van der Waals surface area contributed by atoms with Crippen molar-refractivity contribution in [3.05, 3.63) is 21.7 Å². The molecule has 3 aliphatic rings. The maximum atomic E-state index is 6.26. The summed E-state index contributed by atoms with van der Waals surface area (Å²) in [7, 11) is 1.72. The van der Waals surface area contributed by atoms with Gasteiger partial charge in [-0.05, 0) is 73.2 Å². The summed E-state index contributed by atoms with van der Waals surface area (Å²) in [5, 5.41) is 0. The Labute approximate surface area is 170 Å². The molecule has 2 fully saturated rings. The second kappa shape index (κ2) is 7.54. The number of hydrogen-bond acceptors (Lipinski definition) is 5. The molecule has 0 aliphatic carbocycles. The van der Waals surface area contributed by atoms with Crippen LogP contribution in [0.4, 0.5) is 0 Å². The number of nitrogens with zero attached hydrogens (tertiary/aromatic N) is 1. The monoisotopic (exact) mass is 439 g/mol. The van der Waals surface area contributed by atoms with Crippen molar-refractivity contribution in [3.8, 4) is 11.5 Å². The predicted octanol–water partition coefficient (Wildman–Crippen LogP) is 4.11. The number of halogens is 1. The van der Waals surface area contributed by atoms with Crippen molar-refractivity contribution in [2.24, 2.45) is 0 Å². The zero-order valence-corrected chi connectivity index (χ0v) is 18.3. The van der Waals surface area contributed by atoms with Gasteiger partial charge in [0.2, 0.25) is 0 Å². The minimum absolute atomic E-state index is 0.0884. The first-order valence-corrected chi connectivity index (χ1v) is 10.7. The number of piperidine rings is 1. The molecule has 3 heterocycles. The first-order valence-electron chi connectivity index (χ1n) is 9.91. The van der Waals surface area contributed by atoms with Crippen LogP contribution < -0.4 is 9.47 Å². The molecule has 150 valence electrons. The van der Waals surface area contributed by atoms with Crippen LogP contribution in [0.15, 0.2) is 10.5 Å². The third-order valence-electron chi connectivity index (χ3n) is 5.60. The largest absolute Gasteiger partial charge is 0.493 e. The highest BCUT2D eigenvalue weighted by Gasteiger charge is 2.37. The topological polar surface area (TPSA) is 40.2 Å². The molecule has 27 heavy (non-hydrogen) atoms. The lowest BCUT2D eigenvalue weighted by Gasteiger charge is -2.45. The van der Waals surface area contributed by atoms with Crippen LogP contribution in [-0.2, 0) is 15.9 Å². The average molecular weight is 440 g/mol. The molecule has 1 aromatic rings. The molecule has 2 atom stereocenters. The van der Waals surface area contributed by atoms with Crippen LogP contribution in [0.2, 0.25) is 0 Å². The lowest BCUT2D eigenvalue weighted by Crippen LogP contribution is -2.47. The molecule has 4 rings (SSSR count). The number of rotatable bonds is 4. The highest BCUT2D eigenvalue weighted by Crippen LogP contribution is 2.47. The van der Waals surface area contributed by atoms with E-state index in [0.29, 0.717) is 25.4 Å². The van der Waals surface area contributed by atoms with Crippen molar-refractivity contribution in [3.63, 3.8) is 0 Å². The van der Waals surface area contributed by atoms with Crippen molar-refractivity contribution >= 4 is 15.9 Å². The minimum atomic E-state index is -0.0884. The van der Waals surface area contributed by atoms with Gasteiger partial charge in [-0.1, -0.05) is 0 Å². The normalized spacial score (nSPS) is 26.1. The first-order chi connectivity index (χ1) is 12.9. The van der Waals surface area contributed by atoms with E-state index in [-0.39, 0.29) is 11.7 Å². The van der Waals surface area contributed by atoms with E-state index in [4.69, 9.17) is 18.9 Å². The standard InChI is InChI=1S/C21H30BrNO4/c1-21(2,3)27-13-5-6-17-16-9-18(24-4)20(26-14-11-25-12-14)19(22)15(16)7-8-23(17)10-13/h9,13-14,17H,5-8,10-12H2,1-4H3. The van der Waals surface area contributed by atoms with Gasteiger partial charge >= 0.3 is 0 Å². The van der Waals surface area contributed by atoms with E-state index >= 15 is 0 Å². The molecule has 0 spiro atoms. The molecule has 0 saturated carbocycles. The Balaban J connectivity index is 1.58. The summed E-state index contributed by atoms with van der Waals surface area (Å²) in [5.41, 5.74) is 2.65. The average Bonchev–Trinajstić information content (AvgIpc) is 2.57. The summed E-state index contributed by atoms with van der Waals surface area (Å²) in [6, 6.07) is 2.62. The van der Waals surface area contributed by atoms with Gasteiger partial charge in [0.25, 0.3) is 0 Å². The van der Waals surface area contributed by atoms with E-state index in [1.54, 1.807) is 7.11 Å². The molecule has 2 saturated heterocycles. The second-order valence-electron chi connectivity index (χ2n) is 8.76. The number of ether oxygens (including phenoxy) is 4. The van der Waals surface area contributed by atoms with Gasteiger partial charge in [0.05, 0.1) is 36.5 Å². The molecular weight excluding hydrogens is 410 g/mol. The van der Waals surface area contributed by atoms with Crippen molar-refractivity contribution in [2.75, 3.05) is 33.4 Å². The fraction of sp³-hybridized carbons (Fsp3) is 0.714. The lowest BCUT2D eigenvalue weighted by atomic mass is 9.85. The Morgan fingerprint density at radius 1 is 1.19 bits per heavy atom. The van der Waals surface area contributed by atoms with Crippen LogP contribution in [-0.4, -0.2) is 56.1 Å². The van der Waals surface area contributed by atoms with Gasteiger partial charge in [0.1, 0.15) is 6.10 Å². The molecular formula is C21H30BrNO4. The molecule has 0 radical (unpaired) electrons. The second-order valence-corrected chi connectivity index (χ2v) is 9.55. The summed E-state index contributed by atoms with van der Waals surface area (Å²) in [6.45, 7) is 9.78. The minimum Gasteiger partial charge on any atom is -0.493 e. The number of fused-ring (bicyclic) bond motifs is 3. The molecule has 0 aromatic heterocycles. The number of benzene rings is 1. The Morgan fingerprint density at radius 2 is 1.96 bits per heavy atom. The van der Waals surface area contributed by atoms with Crippen molar-refractivity contribution in [1.82, 2.24) is 4.90 Å². The quantitative estimate of drug-likeness (QED) is 0.705. The van der Waals surface area contributed by atoms with Gasteiger partial charge in [-0.2, -0.15) is 0 Å². The van der Waals surface area contributed by atoms with Gasteiger partial charge in [-0.25, -0.2) is 0 Å². The van der Waals surface area contributed by atoms with E-state index in [2.05, 4.69) is 47.7 Å². The molecule has 2 unspecified atom stereocenters. The molecule has 0 bridgehead atoms. The molecule has 0 amide bonds. The van der Waals surface area contributed by atoms with Crippen LogP contribution in [0.3, 0.4) is 0 Å². The number of methoxy groups -OCH3 is 1. The van der Waals surface area contributed by atoms with Crippen molar-refractivity contribution in [2.45, 2.75) is 63.9 Å². The molecule has 1 aromatic carbocycles. The van der Waals surface area contributed by atoms with E-state index in [1.807, 2.05) is 0 Å². The van der Waals surface area contributed by atoms with Crippen LogP contribution in [0, 0.1) is 0 Å². The van der Waals surface area contributed by atoms with E-state index in [9.17, 15) is 0 Å². The summed E-state index contributed by atoms with van der Waals surface area (Å²) in [6.07, 6.45) is 3.65. The zero-order valence-electron chi connectivity index (χ0n) is 16.7. The predicted molar refractivity (Wildman–Crippen MR) is 108 cm³/mol. The highest BCUT2D eigenvalue weighted by atomic mass is 79.9. The maximum absolute atomic E-state index is 6.26. The Kier molecular flexibility index (Phi) is 5.45. The van der Waals surface area contributed by atoms with Gasteiger partial charge in [-0.15, -0.1) is 0 Å². The van der Waals surface area contributed by atoms with E-state index in [0.717, 1.165) is 48.3 Å². The summed E-state index contributed by atoms with van der Waals surface area (Å²) in [4.78, 5) is 2.58. The lowest BCUT2D eigenvalue weighted by molar-refractivity contribution is -0.0972. The smallest absolute Gasteiger partial charge is 0.176 e. The van der Waals surface area contributed by atoms with E-state index < -0.39 is 0 Å². The maximum Gasteiger partial charge on any atom is 0.176 e. The van der Waals surface area contributed by atoms with Crippen molar-refractivity contribution in [1.29, 1.82) is 0 Å². The number of hydrogen-bond donors (Lipinski definition) is 0. The summed E-state index contributed by atoms with van der Waals surface area (Å²) < 4.78 is 24.4. The van der Waals surface area contributed by atoms with Gasteiger partial charge in [0, 0.05) is 19.1 Å². The Morgan fingerprint density at radius 3 is 2.59 bits per heavy atom. The van der Waals surface area contributed by atoms with Crippen LogP contribution in [0.5, 0.6) is 11.5 Å².